The summed E-state index contributed by atoms with van der Waals surface area (Å²) in [6, 6.07) is 6.62. The lowest BCUT2D eigenvalue weighted by Gasteiger charge is -2.33. The summed E-state index contributed by atoms with van der Waals surface area (Å²) in [5.74, 6) is -1.14. The molecule has 1 N–H and O–H groups in total. The summed E-state index contributed by atoms with van der Waals surface area (Å²) >= 11 is 0. The number of ether oxygens (including phenoxy) is 1. The van der Waals surface area contributed by atoms with Crippen molar-refractivity contribution < 1.29 is 19.4 Å². The molecule has 0 unspecified atom stereocenters. The van der Waals surface area contributed by atoms with Gasteiger partial charge in [-0.1, -0.05) is 18.6 Å². The first-order valence-corrected chi connectivity index (χ1v) is 6.76. The van der Waals surface area contributed by atoms with Crippen LogP contribution in [0.1, 0.15) is 35.2 Å². The van der Waals surface area contributed by atoms with Crippen molar-refractivity contribution in [2.75, 3.05) is 13.7 Å². The van der Waals surface area contributed by atoms with E-state index in [1.807, 2.05) is 6.07 Å². The Morgan fingerprint density at radius 3 is 2.90 bits per heavy atom. The van der Waals surface area contributed by atoms with Crippen LogP contribution >= 0.6 is 0 Å². The Morgan fingerprint density at radius 2 is 2.20 bits per heavy atom. The molecule has 1 atom stereocenters. The molecule has 0 aromatic heterocycles. The summed E-state index contributed by atoms with van der Waals surface area (Å²) in [4.78, 5) is 24.8. The third-order valence-electron chi connectivity index (χ3n) is 3.65. The SMILES string of the molecule is COC(=O)[C@H]1CCCCN1Cc1cccc(C(=O)O)c1. The lowest BCUT2D eigenvalue weighted by molar-refractivity contribution is -0.148. The highest BCUT2D eigenvalue weighted by Gasteiger charge is 2.29. The largest absolute Gasteiger partial charge is 0.478 e. The molecule has 0 spiro atoms. The molecular weight excluding hydrogens is 258 g/mol. The first-order valence-electron chi connectivity index (χ1n) is 6.76. The van der Waals surface area contributed by atoms with Gasteiger partial charge in [-0.3, -0.25) is 9.69 Å². The molecule has 1 aromatic carbocycles. The summed E-state index contributed by atoms with van der Waals surface area (Å²) in [5, 5.41) is 9.01. The number of methoxy groups -OCH3 is 1. The zero-order chi connectivity index (χ0) is 14.5. The van der Waals surface area contributed by atoms with Gasteiger partial charge >= 0.3 is 11.9 Å². The van der Waals surface area contributed by atoms with E-state index in [9.17, 15) is 9.59 Å². The van der Waals surface area contributed by atoms with Gasteiger partial charge in [-0.25, -0.2) is 4.79 Å². The molecule has 1 aromatic rings. The Morgan fingerprint density at radius 1 is 1.40 bits per heavy atom. The predicted octanol–water partition coefficient (Wildman–Crippen LogP) is 1.91. The number of likely N-dealkylation sites (tertiary alicyclic amines) is 1. The average Bonchev–Trinajstić information content (AvgIpc) is 2.47. The quantitative estimate of drug-likeness (QED) is 0.852. The molecule has 1 heterocycles. The number of piperidine rings is 1. The second-order valence-electron chi connectivity index (χ2n) is 5.01. The van der Waals surface area contributed by atoms with E-state index in [0.717, 1.165) is 31.4 Å². The maximum absolute atomic E-state index is 11.8. The highest BCUT2D eigenvalue weighted by atomic mass is 16.5. The molecule has 20 heavy (non-hydrogen) atoms. The zero-order valence-electron chi connectivity index (χ0n) is 11.5. The minimum absolute atomic E-state index is 0.209. The van der Waals surface area contributed by atoms with Crippen molar-refractivity contribution in [2.45, 2.75) is 31.8 Å². The number of carbonyl (C=O) groups is 2. The van der Waals surface area contributed by atoms with Crippen LogP contribution in [0.4, 0.5) is 0 Å². The van der Waals surface area contributed by atoms with Gasteiger partial charge in [0.05, 0.1) is 12.7 Å². The number of hydrogen-bond acceptors (Lipinski definition) is 4. The fourth-order valence-corrected chi connectivity index (χ4v) is 2.62. The Labute approximate surface area is 118 Å². The fraction of sp³-hybridized carbons (Fsp3) is 0.467. The Bertz CT molecular complexity index is 500. The predicted molar refractivity (Wildman–Crippen MR) is 73.5 cm³/mol. The van der Waals surface area contributed by atoms with E-state index in [2.05, 4.69) is 4.90 Å². The number of nitrogens with zero attached hydrogens (tertiary/aromatic N) is 1. The first-order chi connectivity index (χ1) is 9.61. The van der Waals surface area contributed by atoms with Crippen LogP contribution in [0.3, 0.4) is 0 Å². The molecule has 0 radical (unpaired) electrons. The van der Waals surface area contributed by atoms with Crippen molar-refractivity contribution >= 4 is 11.9 Å². The van der Waals surface area contributed by atoms with E-state index >= 15 is 0 Å². The van der Waals surface area contributed by atoms with Gasteiger partial charge in [0.2, 0.25) is 0 Å². The maximum Gasteiger partial charge on any atom is 0.335 e. The van der Waals surface area contributed by atoms with Crippen LogP contribution in [0.25, 0.3) is 0 Å². The van der Waals surface area contributed by atoms with Gasteiger partial charge in [-0.05, 0) is 37.1 Å². The lowest BCUT2D eigenvalue weighted by atomic mass is 10.0. The summed E-state index contributed by atoms with van der Waals surface area (Å²) in [7, 11) is 1.40. The normalized spacial score (nSPS) is 19.6. The van der Waals surface area contributed by atoms with Gasteiger partial charge in [-0.2, -0.15) is 0 Å². The number of benzene rings is 1. The van der Waals surface area contributed by atoms with Gasteiger partial charge in [-0.15, -0.1) is 0 Å². The third kappa shape index (κ3) is 3.36. The Balaban J connectivity index is 2.12. The van der Waals surface area contributed by atoms with Crippen LogP contribution in [-0.2, 0) is 16.1 Å². The van der Waals surface area contributed by atoms with Crippen molar-refractivity contribution in [3.8, 4) is 0 Å². The van der Waals surface area contributed by atoms with E-state index in [1.54, 1.807) is 18.2 Å². The van der Waals surface area contributed by atoms with Crippen molar-refractivity contribution in [1.82, 2.24) is 4.90 Å². The van der Waals surface area contributed by atoms with E-state index in [1.165, 1.54) is 7.11 Å². The van der Waals surface area contributed by atoms with E-state index < -0.39 is 5.97 Å². The number of carboxylic acid groups (broad SMARTS) is 1. The standard InChI is InChI=1S/C15H19NO4/c1-20-15(19)13-7-2-3-8-16(13)10-11-5-4-6-12(9-11)14(17)18/h4-6,9,13H,2-3,7-8,10H2,1H3,(H,17,18)/t13-/m1/s1. The van der Waals surface area contributed by atoms with Gasteiger partial charge in [0.1, 0.15) is 6.04 Å². The van der Waals surface area contributed by atoms with Crippen LogP contribution in [0, 0.1) is 0 Å². The van der Waals surface area contributed by atoms with Crippen molar-refractivity contribution in [1.29, 1.82) is 0 Å². The van der Waals surface area contributed by atoms with Crippen molar-refractivity contribution in [3.05, 3.63) is 35.4 Å². The highest BCUT2D eigenvalue weighted by molar-refractivity contribution is 5.87. The lowest BCUT2D eigenvalue weighted by Crippen LogP contribution is -2.44. The number of esters is 1. The summed E-state index contributed by atoms with van der Waals surface area (Å²) in [6.07, 6.45) is 2.86. The van der Waals surface area contributed by atoms with Gasteiger partial charge in [0.15, 0.2) is 0 Å². The Kier molecular flexibility index (Phi) is 4.74. The van der Waals surface area contributed by atoms with E-state index in [-0.39, 0.29) is 17.6 Å². The summed E-state index contributed by atoms with van der Waals surface area (Å²) < 4.78 is 4.84. The number of hydrogen-bond donors (Lipinski definition) is 1. The highest BCUT2D eigenvalue weighted by Crippen LogP contribution is 2.21. The minimum Gasteiger partial charge on any atom is -0.478 e. The minimum atomic E-state index is -0.935. The second kappa shape index (κ2) is 6.52. The second-order valence-corrected chi connectivity index (χ2v) is 5.01. The fourth-order valence-electron chi connectivity index (χ4n) is 2.62. The molecule has 0 amide bonds. The third-order valence-corrected chi connectivity index (χ3v) is 3.65. The molecule has 5 nitrogen and oxygen atoms in total. The Hall–Kier alpha value is -1.88. The topological polar surface area (TPSA) is 66.8 Å². The van der Waals surface area contributed by atoms with Gasteiger partial charge in [0, 0.05) is 6.54 Å². The molecule has 0 aliphatic carbocycles. The van der Waals surface area contributed by atoms with Gasteiger partial charge < -0.3 is 9.84 Å². The molecule has 1 saturated heterocycles. The molecule has 1 aliphatic heterocycles. The first kappa shape index (κ1) is 14.5. The van der Waals surface area contributed by atoms with Crippen molar-refractivity contribution in [2.24, 2.45) is 0 Å². The molecule has 0 bridgehead atoms. The van der Waals surface area contributed by atoms with Crippen LogP contribution in [0.2, 0.25) is 0 Å². The monoisotopic (exact) mass is 277 g/mol. The number of rotatable bonds is 4. The van der Waals surface area contributed by atoms with E-state index in [0.29, 0.717) is 6.54 Å². The molecule has 2 rings (SSSR count). The van der Waals surface area contributed by atoms with Crippen LogP contribution in [0.5, 0.6) is 0 Å². The molecule has 108 valence electrons. The zero-order valence-corrected chi connectivity index (χ0v) is 11.5. The number of carboxylic acids is 1. The molecule has 0 saturated carbocycles. The van der Waals surface area contributed by atoms with Crippen LogP contribution in [0.15, 0.2) is 24.3 Å². The van der Waals surface area contributed by atoms with Crippen LogP contribution < -0.4 is 0 Å². The number of carbonyl (C=O) groups excluding carboxylic acids is 1. The maximum atomic E-state index is 11.8. The number of aromatic carboxylic acids is 1. The van der Waals surface area contributed by atoms with Crippen molar-refractivity contribution in [3.63, 3.8) is 0 Å². The molecule has 5 heteroatoms. The summed E-state index contributed by atoms with van der Waals surface area (Å²) in [6.45, 7) is 1.40. The molecule has 1 aliphatic rings. The smallest absolute Gasteiger partial charge is 0.335 e. The molecule has 1 fully saturated rings. The van der Waals surface area contributed by atoms with Gasteiger partial charge in [0.25, 0.3) is 0 Å². The molecular formula is C15H19NO4. The van der Waals surface area contributed by atoms with Crippen LogP contribution in [-0.4, -0.2) is 41.6 Å². The van der Waals surface area contributed by atoms with E-state index in [4.69, 9.17) is 9.84 Å². The summed E-state index contributed by atoms with van der Waals surface area (Å²) in [5.41, 5.74) is 1.18. The average molecular weight is 277 g/mol.